The van der Waals surface area contributed by atoms with Crippen molar-refractivity contribution >= 4 is 35.8 Å². The monoisotopic (exact) mass is 380 g/mol. The molecule has 0 radical (unpaired) electrons. The van der Waals surface area contributed by atoms with Crippen LogP contribution in [0.1, 0.15) is 22.6 Å². The summed E-state index contributed by atoms with van der Waals surface area (Å²) in [6.07, 6.45) is 0. The third-order valence-electron chi connectivity index (χ3n) is 3.78. The van der Waals surface area contributed by atoms with Crippen molar-refractivity contribution in [2.75, 3.05) is 0 Å². The third kappa shape index (κ3) is 3.59. The molecule has 5 heteroatoms. The highest BCUT2D eigenvalue weighted by Gasteiger charge is 2.21. The molecule has 0 saturated carbocycles. The van der Waals surface area contributed by atoms with Crippen LogP contribution in [-0.2, 0) is 0 Å². The Labute approximate surface area is 154 Å². The molecule has 0 aliphatic rings. The van der Waals surface area contributed by atoms with Crippen molar-refractivity contribution in [3.05, 3.63) is 99.0 Å². The highest BCUT2D eigenvalue weighted by molar-refractivity contribution is 7.80. The van der Waals surface area contributed by atoms with E-state index in [4.69, 9.17) is 23.2 Å². The summed E-state index contributed by atoms with van der Waals surface area (Å²) in [4.78, 5) is 0.583. The molecule has 122 valence electrons. The maximum Gasteiger partial charge on any atom is 0.123 e. The third-order valence-corrected chi connectivity index (χ3v) is 4.92. The van der Waals surface area contributed by atoms with E-state index < -0.39 is 0 Å². The highest BCUT2D eigenvalue weighted by atomic mass is 35.5. The van der Waals surface area contributed by atoms with Gasteiger partial charge in [0.25, 0.3) is 0 Å². The molecule has 3 rings (SSSR count). The first-order valence-electron chi connectivity index (χ1n) is 7.14. The van der Waals surface area contributed by atoms with Gasteiger partial charge in [-0.15, -0.1) is 12.6 Å². The number of benzene rings is 3. The second kappa shape index (κ2) is 7.14. The molecule has 0 saturated heterocycles. The van der Waals surface area contributed by atoms with Gasteiger partial charge in [-0.3, -0.25) is 0 Å². The molecule has 0 atom stereocenters. The van der Waals surface area contributed by atoms with E-state index in [1.165, 1.54) is 24.3 Å². The molecule has 24 heavy (non-hydrogen) atoms. The summed E-state index contributed by atoms with van der Waals surface area (Å²) >= 11 is 16.9. The summed E-state index contributed by atoms with van der Waals surface area (Å²) in [5.41, 5.74) is 2.43. The first kappa shape index (κ1) is 17.3. The van der Waals surface area contributed by atoms with Gasteiger partial charge in [-0.1, -0.05) is 47.5 Å². The summed E-state index contributed by atoms with van der Waals surface area (Å²) < 4.78 is 26.6. The fraction of sp³-hybridized carbons (Fsp3) is 0.0526. The van der Waals surface area contributed by atoms with Crippen LogP contribution >= 0.6 is 35.8 Å². The van der Waals surface area contributed by atoms with E-state index >= 15 is 0 Å². The molecule has 0 fully saturated rings. The Morgan fingerprint density at radius 2 is 1.21 bits per heavy atom. The fourth-order valence-corrected chi connectivity index (χ4v) is 3.44. The zero-order valence-electron chi connectivity index (χ0n) is 12.3. The zero-order valence-corrected chi connectivity index (χ0v) is 14.7. The van der Waals surface area contributed by atoms with Crippen LogP contribution in [0.25, 0.3) is 0 Å². The Kier molecular flexibility index (Phi) is 5.14. The molecular formula is C19H12Cl2F2S. The quantitative estimate of drug-likeness (QED) is 0.377. The number of rotatable bonds is 3. The van der Waals surface area contributed by atoms with E-state index in [-0.39, 0.29) is 17.6 Å². The van der Waals surface area contributed by atoms with Gasteiger partial charge in [0.05, 0.1) is 5.02 Å². The van der Waals surface area contributed by atoms with Crippen LogP contribution in [0.4, 0.5) is 8.78 Å². The summed E-state index contributed by atoms with van der Waals surface area (Å²) in [6.45, 7) is 0. The van der Waals surface area contributed by atoms with Crippen LogP contribution in [0, 0.1) is 11.6 Å². The molecule has 0 amide bonds. The normalized spacial score (nSPS) is 11.1. The average molecular weight is 381 g/mol. The van der Waals surface area contributed by atoms with Gasteiger partial charge in [-0.05, 0) is 53.1 Å². The fourth-order valence-electron chi connectivity index (χ4n) is 2.67. The topological polar surface area (TPSA) is 0 Å². The van der Waals surface area contributed by atoms with Gasteiger partial charge in [0.15, 0.2) is 0 Å². The molecule has 0 N–H and O–H groups in total. The van der Waals surface area contributed by atoms with E-state index in [9.17, 15) is 8.78 Å². The number of thiol groups is 1. The lowest BCUT2D eigenvalue weighted by Crippen LogP contribution is -2.05. The minimum absolute atomic E-state index is 0.296. The molecule has 0 unspecified atom stereocenters. The summed E-state index contributed by atoms with van der Waals surface area (Å²) in [6, 6.07) is 15.7. The lowest BCUT2D eigenvalue weighted by molar-refractivity contribution is 0.626. The Morgan fingerprint density at radius 3 is 1.67 bits per heavy atom. The van der Waals surface area contributed by atoms with Crippen LogP contribution in [0.3, 0.4) is 0 Å². The van der Waals surface area contributed by atoms with Crippen LogP contribution < -0.4 is 0 Å². The van der Waals surface area contributed by atoms with Gasteiger partial charge in [0, 0.05) is 15.8 Å². The second-order valence-electron chi connectivity index (χ2n) is 5.36. The van der Waals surface area contributed by atoms with Gasteiger partial charge in [0.2, 0.25) is 0 Å². The molecule has 0 aromatic heterocycles. The van der Waals surface area contributed by atoms with Crippen LogP contribution in [0.5, 0.6) is 0 Å². The molecule has 0 nitrogen and oxygen atoms in total. The SMILES string of the molecule is Fc1ccc(C(c2ccc(F)cc2)c2cc(Cl)cc(Cl)c2S)cc1. The van der Waals surface area contributed by atoms with Crippen LogP contribution in [-0.4, -0.2) is 0 Å². The average Bonchev–Trinajstić information content (AvgIpc) is 2.55. The molecular weight excluding hydrogens is 369 g/mol. The van der Waals surface area contributed by atoms with Crippen molar-refractivity contribution < 1.29 is 8.78 Å². The van der Waals surface area contributed by atoms with Crippen molar-refractivity contribution in [3.8, 4) is 0 Å². The number of hydrogen-bond donors (Lipinski definition) is 1. The van der Waals surface area contributed by atoms with E-state index in [0.29, 0.717) is 14.9 Å². The molecule has 3 aromatic carbocycles. The van der Waals surface area contributed by atoms with Crippen molar-refractivity contribution in [2.24, 2.45) is 0 Å². The summed E-state index contributed by atoms with van der Waals surface area (Å²) in [5, 5.41) is 0.900. The molecule has 0 aliphatic carbocycles. The smallest absolute Gasteiger partial charge is 0.123 e. The summed E-state index contributed by atoms with van der Waals surface area (Å²) in [7, 11) is 0. The maximum atomic E-state index is 13.3. The van der Waals surface area contributed by atoms with E-state index in [1.54, 1.807) is 36.4 Å². The first-order chi connectivity index (χ1) is 11.5. The van der Waals surface area contributed by atoms with Crippen molar-refractivity contribution in [3.63, 3.8) is 0 Å². The van der Waals surface area contributed by atoms with Gasteiger partial charge in [0.1, 0.15) is 11.6 Å². The standard InChI is InChI=1S/C19H12Cl2F2S/c20-13-9-16(19(24)17(21)10-13)18(11-1-5-14(22)6-2-11)12-3-7-15(23)8-4-12/h1-10,18,24H. The van der Waals surface area contributed by atoms with Crippen LogP contribution in [0.2, 0.25) is 10.0 Å². The first-order valence-corrected chi connectivity index (χ1v) is 8.35. The van der Waals surface area contributed by atoms with Crippen molar-refractivity contribution in [1.82, 2.24) is 0 Å². The van der Waals surface area contributed by atoms with Crippen molar-refractivity contribution in [1.29, 1.82) is 0 Å². The van der Waals surface area contributed by atoms with Crippen LogP contribution in [0.15, 0.2) is 65.6 Å². The Hall–Kier alpha value is -1.55. The van der Waals surface area contributed by atoms with E-state index in [1.807, 2.05) is 0 Å². The zero-order chi connectivity index (χ0) is 17.3. The number of hydrogen-bond acceptors (Lipinski definition) is 1. The van der Waals surface area contributed by atoms with E-state index in [2.05, 4.69) is 12.6 Å². The molecule has 0 aliphatic heterocycles. The van der Waals surface area contributed by atoms with Gasteiger partial charge in [-0.2, -0.15) is 0 Å². The molecule has 0 heterocycles. The minimum atomic E-state index is -0.327. The Morgan fingerprint density at radius 1 is 0.750 bits per heavy atom. The molecule has 3 aromatic rings. The molecule has 0 bridgehead atoms. The van der Waals surface area contributed by atoms with Gasteiger partial charge >= 0.3 is 0 Å². The highest BCUT2D eigenvalue weighted by Crippen LogP contribution is 2.39. The maximum absolute atomic E-state index is 13.3. The Bertz CT molecular complexity index is 816. The predicted octanol–water partition coefficient (Wildman–Crippen LogP) is 6.74. The van der Waals surface area contributed by atoms with Crippen molar-refractivity contribution in [2.45, 2.75) is 10.8 Å². The predicted molar refractivity (Wildman–Crippen MR) is 97.5 cm³/mol. The van der Waals surface area contributed by atoms with E-state index in [0.717, 1.165) is 16.7 Å². The Balaban J connectivity index is 2.22. The number of halogens is 4. The molecule has 0 spiro atoms. The minimum Gasteiger partial charge on any atom is -0.207 e. The largest absolute Gasteiger partial charge is 0.207 e. The summed E-state index contributed by atoms with van der Waals surface area (Å²) in [5.74, 6) is -0.950. The lowest BCUT2D eigenvalue weighted by atomic mass is 9.85. The van der Waals surface area contributed by atoms with Gasteiger partial charge < -0.3 is 0 Å². The lowest BCUT2D eigenvalue weighted by Gasteiger charge is -2.21. The second-order valence-corrected chi connectivity index (χ2v) is 6.65. The van der Waals surface area contributed by atoms with Gasteiger partial charge in [-0.25, -0.2) is 8.78 Å².